The second-order valence-corrected chi connectivity index (χ2v) is 9.93. The van der Waals surface area contributed by atoms with E-state index in [0.29, 0.717) is 52.6 Å². The van der Waals surface area contributed by atoms with Gasteiger partial charge in [-0.1, -0.05) is 11.6 Å². The number of nitrogens with zero attached hydrogens (tertiary/aromatic N) is 5. The van der Waals surface area contributed by atoms with Gasteiger partial charge in [0, 0.05) is 65.9 Å². The summed E-state index contributed by atoms with van der Waals surface area (Å²) in [6.07, 6.45) is -1.30. The van der Waals surface area contributed by atoms with Gasteiger partial charge in [0.2, 0.25) is 5.88 Å². The Kier molecular flexibility index (Phi) is 9.43. The van der Waals surface area contributed by atoms with Crippen molar-refractivity contribution >= 4 is 22.9 Å². The van der Waals surface area contributed by atoms with Crippen molar-refractivity contribution in [2.45, 2.75) is 39.0 Å². The topological polar surface area (TPSA) is 132 Å². The molecule has 0 saturated carbocycles. The highest BCUT2D eigenvalue weighted by Gasteiger charge is 2.35. The third-order valence-electron chi connectivity index (χ3n) is 6.75. The summed E-state index contributed by atoms with van der Waals surface area (Å²) in [6, 6.07) is 7.84. The van der Waals surface area contributed by atoms with Crippen LogP contribution < -0.4 is 25.3 Å². The van der Waals surface area contributed by atoms with Crippen molar-refractivity contribution in [1.29, 1.82) is 0 Å². The van der Waals surface area contributed by atoms with Gasteiger partial charge in [-0.3, -0.25) is 0 Å². The number of hydrogen-bond donors (Lipinski definition) is 3. The number of nitrogens with one attached hydrogen (secondary N) is 1. The molecule has 0 amide bonds. The molecule has 1 unspecified atom stereocenters. The molecule has 0 spiro atoms. The van der Waals surface area contributed by atoms with E-state index < -0.39 is 18.0 Å². The number of hydroxylamine groups is 2. The largest absolute Gasteiger partial charge is 0.497 e. The highest BCUT2D eigenvalue weighted by atomic mass is 19.4. The number of ether oxygens (including phenoxy) is 3. The summed E-state index contributed by atoms with van der Waals surface area (Å²) in [5, 5.41) is 18.0. The van der Waals surface area contributed by atoms with Crippen LogP contribution in [0.15, 0.2) is 53.2 Å². The minimum Gasteiger partial charge on any atom is -0.497 e. The van der Waals surface area contributed by atoms with Crippen LogP contribution in [0.2, 0.25) is 0 Å². The molecule has 4 N–H and O–H groups in total. The van der Waals surface area contributed by atoms with Crippen LogP contribution in [0.25, 0.3) is 11.4 Å². The van der Waals surface area contributed by atoms with Crippen molar-refractivity contribution in [2.24, 2.45) is 10.7 Å². The Morgan fingerprint density at radius 2 is 1.70 bits per heavy atom. The first kappa shape index (κ1) is 31.5. The van der Waals surface area contributed by atoms with Crippen LogP contribution in [0.4, 0.5) is 18.9 Å². The molecule has 3 aromatic rings. The number of aryl methyl sites for hydroxylation is 1. The average molecular weight is 602 g/mol. The van der Waals surface area contributed by atoms with E-state index in [0.717, 1.165) is 21.4 Å². The van der Waals surface area contributed by atoms with Gasteiger partial charge in [0.05, 0.1) is 21.3 Å². The zero-order valence-electron chi connectivity index (χ0n) is 24.7. The molecule has 1 aliphatic rings. The minimum absolute atomic E-state index is 0.119. The predicted octanol–water partition coefficient (Wildman–Crippen LogP) is 5.49. The molecule has 11 nitrogen and oxygen atoms in total. The SMILES string of the molecule is COc1cc(NC2=NC(n3nc(C(F)(F)F)cc3C)=C(c3cnc(OC)c(C(N)N(C)O)c3)C=C(C)CC2)cc(OC)c1. The van der Waals surface area contributed by atoms with E-state index in [1.54, 1.807) is 24.3 Å². The average Bonchev–Trinajstić information content (AvgIpc) is 3.37. The lowest BCUT2D eigenvalue weighted by molar-refractivity contribution is -0.141. The Hall–Kier alpha value is -4.40. The van der Waals surface area contributed by atoms with Crippen LogP contribution >= 0.6 is 0 Å². The number of aromatic nitrogens is 3. The molecule has 1 aromatic carbocycles. The lowest BCUT2D eigenvalue weighted by Gasteiger charge is -2.22. The third kappa shape index (κ3) is 7.16. The standard InChI is InChI=1S/C29H34F3N7O4/c1-16-7-8-25(35-19-12-20(41-4)14-21(13-19)42-5)36-27(39-17(2)10-24(37-39)29(30,31)32)22(9-16)18-11-23(26(33)38(3)40)28(43-6)34-15-18/h9-15,26,40H,7-8,33H2,1-6H3,(H,35,36). The maximum absolute atomic E-state index is 13.7. The van der Waals surface area contributed by atoms with E-state index in [1.807, 2.05) is 13.0 Å². The number of nitrogens with two attached hydrogens (primary N) is 1. The second kappa shape index (κ2) is 12.9. The molecule has 0 fully saturated rings. The van der Waals surface area contributed by atoms with Crippen LogP contribution in [-0.2, 0) is 6.18 Å². The molecular weight excluding hydrogens is 567 g/mol. The van der Waals surface area contributed by atoms with Gasteiger partial charge in [0.1, 0.15) is 23.5 Å². The summed E-state index contributed by atoms with van der Waals surface area (Å²) in [7, 11) is 5.86. The number of hydrogen-bond acceptors (Lipinski definition) is 10. The number of allylic oxidation sites excluding steroid dienone is 3. The fraction of sp³-hybridized carbons (Fsp3) is 0.345. The number of amidine groups is 1. The molecule has 0 bridgehead atoms. The molecule has 2 aromatic heterocycles. The lowest BCUT2D eigenvalue weighted by Crippen LogP contribution is -2.28. The van der Waals surface area contributed by atoms with Gasteiger partial charge in [0.25, 0.3) is 0 Å². The highest BCUT2D eigenvalue weighted by molar-refractivity contribution is 6.02. The second-order valence-electron chi connectivity index (χ2n) is 9.93. The Bertz CT molecular complexity index is 1560. The van der Waals surface area contributed by atoms with Gasteiger partial charge in [-0.05, 0) is 32.4 Å². The number of rotatable bonds is 8. The van der Waals surface area contributed by atoms with Gasteiger partial charge >= 0.3 is 6.18 Å². The summed E-state index contributed by atoms with van der Waals surface area (Å²) in [5.41, 5.74) is 8.14. The first-order valence-corrected chi connectivity index (χ1v) is 13.2. The van der Waals surface area contributed by atoms with Gasteiger partial charge in [-0.15, -0.1) is 0 Å². The number of aliphatic imine (C=N–C) groups is 1. The first-order chi connectivity index (χ1) is 20.3. The number of anilines is 1. The molecular formula is C29H34F3N7O4. The quantitative estimate of drug-likeness (QED) is 0.227. The van der Waals surface area contributed by atoms with Crippen LogP contribution in [0, 0.1) is 6.92 Å². The maximum atomic E-state index is 13.7. The molecule has 14 heteroatoms. The van der Waals surface area contributed by atoms with Crippen molar-refractivity contribution in [3.8, 4) is 17.4 Å². The molecule has 230 valence electrons. The minimum atomic E-state index is -4.67. The Morgan fingerprint density at radius 1 is 1.02 bits per heavy atom. The molecule has 0 aliphatic carbocycles. The monoisotopic (exact) mass is 601 g/mol. The van der Waals surface area contributed by atoms with E-state index in [1.165, 1.54) is 41.5 Å². The highest BCUT2D eigenvalue weighted by Crippen LogP contribution is 2.35. The summed E-state index contributed by atoms with van der Waals surface area (Å²) >= 11 is 0. The number of benzene rings is 1. The molecule has 1 aliphatic heterocycles. The Labute approximate surface area is 247 Å². The zero-order valence-corrected chi connectivity index (χ0v) is 24.7. The van der Waals surface area contributed by atoms with Crippen LogP contribution in [0.3, 0.4) is 0 Å². The molecule has 43 heavy (non-hydrogen) atoms. The van der Waals surface area contributed by atoms with E-state index in [4.69, 9.17) is 24.9 Å². The van der Waals surface area contributed by atoms with E-state index in [-0.39, 0.29) is 17.4 Å². The fourth-order valence-electron chi connectivity index (χ4n) is 4.48. The molecule has 0 saturated heterocycles. The van der Waals surface area contributed by atoms with Gasteiger partial charge in [0.15, 0.2) is 11.5 Å². The van der Waals surface area contributed by atoms with Crippen molar-refractivity contribution < 1.29 is 32.6 Å². The Morgan fingerprint density at radius 3 is 2.26 bits per heavy atom. The summed E-state index contributed by atoms with van der Waals surface area (Å²) < 4.78 is 58.5. The molecule has 3 heterocycles. The summed E-state index contributed by atoms with van der Waals surface area (Å²) in [6.45, 7) is 3.43. The summed E-state index contributed by atoms with van der Waals surface area (Å²) in [5.74, 6) is 1.85. The van der Waals surface area contributed by atoms with Gasteiger partial charge in [-0.2, -0.15) is 23.3 Å². The molecule has 1 atom stereocenters. The van der Waals surface area contributed by atoms with Crippen LogP contribution in [0.5, 0.6) is 17.4 Å². The number of alkyl halides is 3. The van der Waals surface area contributed by atoms with Crippen molar-refractivity contribution in [1.82, 2.24) is 19.8 Å². The molecule has 4 rings (SSSR count). The van der Waals surface area contributed by atoms with Gasteiger partial charge < -0.3 is 30.5 Å². The number of pyridine rings is 1. The number of halogens is 3. The fourth-order valence-corrected chi connectivity index (χ4v) is 4.48. The van der Waals surface area contributed by atoms with Crippen LogP contribution in [0.1, 0.15) is 48.4 Å². The maximum Gasteiger partial charge on any atom is 0.435 e. The smallest absolute Gasteiger partial charge is 0.435 e. The van der Waals surface area contributed by atoms with Gasteiger partial charge in [-0.25, -0.2) is 14.7 Å². The Balaban J connectivity index is 1.99. The van der Waals surface area contributed by atoms with Crippen molar-refractivity contribution in [2.75, 3.05) is 33.7 Å². The predicted molar refractivity (Wildman–Crippen MR) is 156 cm³/mol. The normalized spacial score (nSPS) is 15.0. The number of methoxy groups -OCH3 is 3. The first-order valence-electron chi connectivity index (χ1n) is 13.2. The van der Waals surface area contributed by atoms with Crippen molar-refractivity contribution in [3.63, 3.8) is 0 Å². The molecule has 0 radical (unpaired) electrons. The zero-order chi connectivity index (χ0) is 31.5. The van der Waals surface area contributed by atoms with E-state index in [2.05, 4.69) is 15.4 Å². The van der Waals surface area contributed by atoms with E-state index in [9.17, 15) is 18.4 Å². The van der Waals surface area contributed by atoms with Crippen molar-refractivity contribution in [3.05, 3.63) is 70.7 Å². The third-order valence-corrected chi connectivity index (χ3v) is 6.75. The van der Waals surface area contributed by atoms with Crippen LogP contribution in [-0.4, -0.2) is 59.2 Å². The lowest BCUT2D eigenvalue weighted by atomic mass is 9.99. The van der Waals surface area contributed by atoms with E-state index >= 15 is 0 Å². The summed E-state index contributed by atoms with van der Waals surface area (Å²) in [4.78, 5) is 9.22.